The van der Waals surface area contributed by atoms with Crippen LogP contribution in [0.4, 0.5) is 0 Å². The topological polar surface area (TPSA) is 71.1 Å². The fraction of sp³-hybridized carbons (Fsp3) is 0.462. The molecule has 1 unspecified atom stereocenters. The van der Waals surface area contributed by atoms with Gasteiger partial charge in [-0.3, -0.25) is 4.90 Å². The third-order valence-corrected chi connectivity index (χ3v) is 2.94. The molecule has 0 aliphatic carbocycles. The molecule has 1 aromatic carbocycles. The number of hydrogen-bond donors (Lipinski definition) is 2. The smallest absolute Gasteiger partial charge is 0.156 e. The standard InChI is InChI=1S/C13H21N3O2/c1-4-12(13(14)15-17)16(2)9-10-6-5-7-11(8-10)18-3/h5-8,12,17H,4,9H2,1-3H3,(H2,14,15). The van der Waals surface area contributed by atoms with Gasteiger partial charge in [-0.05, 0) is 31.2 Å². The summed E-state index contributed by atoms with van der Waals surface area (Å²) in [6, 6.07) is 7.80. The number of ether oxygens (including phenoxy) is 1. The Balaban J connectivity index is 2.76. The number of rotatable bonds is 6. The summed E-state index contributed by atoms with van der Waals surface area (Å²) in [5, 5.41) is 11.8. The molecule has 1 atom stereocenters. The summed E-state index contributed by atoms with van der Waals surface area (Å²) < 4.78 is 5.18. The number of benzene rings is 1. The molecule has 0 aliphatic heterocycles. The molecule has 0 bridgehead atoms. The average molecular weight is 251 g/mol. The van der Waals surface area contributed by atoms with Gasteiger partial charge in [0, 0.05) is 6.54 Å². The minimum atomic E-state index is -0.0683. The Morgan fingerprint density at radius 1 is 1.56 bits per heavy atom. The number of nitrogens with two attached hydrogens (primary N) is 1. The van der Waals surface area contributed by atoms with Gasteiger partial charge in [0.05, 0.1) is 13.2 Å². The van der Waals surface area contributed by atoms with Crippen LogP contribution in [-0.4, -0.2) is 36.1 Å². The molecule has 0 fully saturated rings. The van der Waals surface area contributed by atoms with Crippen LogP contribution in [0, 0.1) is 0 Å². The minimum Gasteiger partial charge on any atom is -0.497 e. The number of nitrogens with zero attached hydrogens (tertiary/aromatic N) is 2. The van der Waals surface area contributed by atoms with Gasteiger partial charge in [-0.25, -0.2) is 0 Å². The maximum atomic E-state index is 8.75. The van der Waals surface area contributed by atoms with Gasteiger partial charge in [-0.15, -0.1) is 0 Å². The van der Waals surface area contributed by atoms with E-state index in [2.05, 4.69) is 5.16 Å². The van der Waals surface area contributed by atoms with Crippen LogP contribution in [0.2, 0.25) is 0 Å². The van der Waals surface area contributed by atoms with E-state index in [9.17, 15) is 0 Å². The van der Waals surface area contributed by atoms with E-state index >= 15 is 0 Å². The van der Waals surface area contributed by atoms with Gasteiger partial charge >= 0.3 is 0 Å². The summed E-state index contributed by atoms with van der Waals surface area (Å²) in [5.41, 5.74) is 6.80. The van der Waals surface area contributed by atoms with Crippen molar-refractivity contribution < 1.29 is 9.94 Å². The van der Waals surface area contributed by atoms with Gasteiger partial charge in [0.15, 0.2) is 5.84 Å². The van der Waals surface area contributed by atoms with Crippen LogP contribution >= 0.6 is 0 Å². The lowest BCUT2D eigenvalue weighted by molar-refractivity contribution is 0.264. The average Bonchev–Trinajstić information content (AvgIpc) is 2.39. The zero-order chi connectivity index (χ0) is 13.5. The fourth-order valence-corrected chi connectivity index (χ4v) is 1.98. The molecule has 1 rings (SSSR count). The first-order valence-corrected chi connectivity index (χ1v) is 5.93. The van der Waals surface area contributed by atoms with Crippen molar-refractivity contribution in [3.8, 4) is 5.75 Å². The molecule has 0 radical (unpaired) electrons. The summed E-state index contributed by atoms with van der Waals surface area (Å²) in [6.07, 6.45) is 0.788. The number of methoxy groups -OCH3 is 1. The molecule has 0 spiro atoms. The molecular weight excluding hydrogens is 230 g/mol. The van der Waals surface area contributed by atoms with Crippen LogP contribution in [0.3, 0.4) is 0 Å². The van der Waals surface area contributed by atoms with Crippen LogP contribution < -0.4 is 10.5 Å². The molecular formula is C13H21N3O2. The van der Waals surface area contributed by atoms with Crippen LogP contribution in [-0.2, 0) is 6.54 Å². The Morgan fingerprint density at radius 3 is 2.83 bits per heavy atom. The summed E-state index contributed by atoms with van der Waals surface area (Å²) in [4.78, 5) is 2.05. The van der Waals surface area contributed by atoms with Crippen molar-refractivity contribution in [1.82, 2.24) is 4.90 Å². The second-order valence-corrected chi connectivity index (χ2v) is 4.22. The second kappa shape index (κ2) is 6.86. The Bertz CT molecular complexity index is 407. The molecule has 3 N–H and O–H groups in total. The van der Waals surface area contributed by atoms with E-state index in [-0.39, 0.29) is 11.9 Å². The lowest BCUT2D eigenvalue weighted by Gasteiger charge is -2.26. The maximum absolute atomic E-state index is 8.75. The first-order valence-electron chi connectivity index (χ1n) is 5.93. The largest absolute Gasteiger partial charge is 0.497 e. The highest BCUT2D eigenvalue weighted by Crippen LogP contribution is 2.15. The monoisotopic (exact) mass is 251 g/mol. The van der Waals surface area contributed by atoms with Gasteiger partial charge in [-0.2, -0.15) is 0 Å². The Morgan fingerprint density at radius 2 is 2.28 bits per heavy atom. The van der Waals surface area contributed by atoms with Crippen molar-refractivity contribution in [1.29, 1.82) is 0 Å². The number of hydrogen-bond acceptors (Lipinski definition) is 4. The van der Waals surface area contributed by atoms with E-state index in [1.807, 2.05) is 43.1 Å². The van der Waals surface area contributed by atoms with Crippen LogP contribution in [0.25, 0.3) is 0 Å². The fourth-order valence-electron chi connectivity index (χ4n) is 1.98. The quantitative estimate of drug-likeness (QED) is 0.349. The van der Waals surface area contributed by atoms with Gasteiger partial charge in [0.1, 0.15) is 5.75 Å². The first kappa shape index (κ1) is 14.3. The normalized spacial score (nSPS) is 13.7. The summed E-state index contributed by atoms with van der Waals surface area (Å²) >= 11 is 0. The molecule has 5 nitrogen and oxygen atoms in total. The van der Waals surface area contributed by atoms with E-state index in [1.165, 1.54) is 0 Å². The van der Waals surface area contributed by atoms with Gasteiger partial charge in [0.2, 0.25) is 0 Å². The van der Waals surface area contributed by atoms with E-state index < -0.39 is 0 Å². The Labute approximate surface area is 108 Å². The SMILES string of the molecule is CCC(C(N)=NO)N(C)Cc1cccc(OC)c1. The van der Waals surface area contributed by atoms with E-state index in [0.29, 0.717) is 6.54 Å². The lowest BCUT2D eigenvalue weighted by Crippen LogP contribution is -2.41. The second-order valence-electron chi connectivity index (χ2n) is 4.22. The zero-order valence-corrected chi connectivity index (χ0v) is 11.1. The van der Waals surface area contributed by atoms with Crippen molar-refractivity contribution in [2.24, 2.45) is 10.9 Å². The van der Waals surface area contributed by atoms with Crippen LogP contribution in [0.5, 0.6) is 5.75 Å². The molecule has 0 saturated heterocycles. The maximum Gasteiger partial charge on any atom is 0.156 e. The number of oxime groups is 1. The number of amidine groups is 1. The molecule has 100 valence electrons. The molecule has 0 heterocycles. The minimum absolute atomic E-state index is 0.0683. The van der Waals surface area contributed by atoms with Crippen LogP contribution in [0.15, 0.2) is 29.4 Å². The Kier molecular flexibility index (Phi) is 5.45. The van der Waals surface area contributed by atoms with E-state index in [4.69, 9.17) is 15.7 Å². The zero-order valence-electron chi connectivity index (χ0n) is 11.1. The van der Waals surface area contributed by atoms with Crippen LogP contribution in [0.1, 0.15) is 18.9 Å². The highest BCUT2D eigenvalue weighted by Gasteiger charge is 2.17. The molecule has 0 amide bonds. The molecule has 0 saturated carbocycles. The third kappa shape index (κ3) is 3.63. The Hall–Kier alpha value is -1.75. The molecule has 18 heavy (non-hydrogen) atoms. The predicted molar refractivity (Wildman–Crippen MR) is 71.9 cm³/mol. The van der Waals surface area contributed by atoms with Crippen molar-refractivity contribution in [3.05, 3.63) is 29.8 Å². The molecule has 0 aromatic heterocycles. The summed E-state index contributed by atoms with van der Waals surface area (Å²) in [5.74, 6) is 1.07. The summed E-state index contributed by atoms with van der Waals surface area (Å²) in [7, 11) is 3.60. The molecule has 5 heteroatoms. The van der Waals surface area contributed by atoms with Crippen molar-refractivity contribution >= 4 is 5.84 Å². The highest BCUT2D eigenvalue weighted by atomic mass is 16.5. The van der Waals surface area contributed by atoms with E-state index in [0.717, 1.165) is 17.7 Å². The van der Waals surface area contributed by atoms with Gasteiger partial charge in [-0.1, -0.05) is 24.2 Å². The number of likely N-dealkylation sites (N-methyl/N-ethyl adjacent to an activating group) is 1. The lowest BCUT2D eigenvalue weighted by atomic mass is 10.1. The molecule has 1 aromatic rings. The first-order chi connectivity index (χ1) is 8.62. The van der Waals surface area contributed by atoms with Crippen molar-refractivity contribution in [2.45, 2.75) is 25.9 Å². The van der Waals surface area contributed by atoms with Gasteiger partial charge < -0.3 is 15.7 Å². The van der Waals surface area contributed by atoms with Crippen molar-refractivity contribution in [2.75, 3.05) is 14.2 Å². The highest BCUT2D eigenvalue weighted by molar-refractivity contribution is 5.85. The van der Waals surface area contributed by atoms with E-state index in [1.54, 1.807) is 7.11 Å². The third-order valence-electron chi connectivity index (χ3n) is 2.94. The summed E-state index contributed by atoms with van der Waals surface area (Å²) in [6.45, 7) is 2.72. The van der Waals surface area contributed by atoms with Gasteiger partial charge in [0.25, 0.3) is 0 Å². The predicted octanol–water partition coefficient (Wildman–Crippen LogP) is 1.65. The van der Waals surface area contributed by atoms with Crippen molar-refractivity contribution in [3.63, 3.8) is 0 Å². The molecule has 0 aliphatic rings.